The molecule has 31 heavy (non-hydrogen) atoms. The lowest BCUT2D eigenvalue weighted by atomic mass is 9.52. The first-order chi connectivity index (χ1) is 14.4. The van der Waals surface area contributed by atoms with Crippen molar-refractivity contribution < 1.29 is 33.3 Å². The highest BCUT2D eigenvalue weighted by atomic mass is 16.9. The van der Waals surface area contributed by atoms with Crippen LogP contribution in [-0.4, -0.2) is 30.2 Å². The number of esters is 3. The van der Waals surface area contributed by atoms with Crippen molar-refractivity contribution in [1.29, 1.82) is 0 Å². The van der Waals surface area contributed by atoms with Gasteiger partial charge >= 0.3 is 23.9 Å². The van der Waals surface area contributed by atoms with Crippen LogP contribution in [-0.2, 0) is 33.3 Å². The fraction of sp³-hybridized carbons (Fsp3) is 0.792. The lowest BCUT2D eigenvalue weighted by Gasteiger charge is -2.54. The Kier molecular flexibility index (Phi) is 5.27. The van der Waals surface area contributed by atoms with Gasteiger partial charge in [0, 0.05) is 19.8 Å². The summed E-state index contributed by atoms with van der Waals surface area (Å²) in [6, 6.07) is 0. The quantitative estimate of drug-likeness (QED) is 0.485. The molecular formula is C24H34O7. The van der Waals surface area contributed by atoms with Gasteiger partial charge in [-0.25, -0.2) is 0 Å². The SMILES string of the molecule is CC(=O)OC1OC2(OC(C)=O)OC(=O)CC1C2C1(C)CCC2=C(CCCC2(C)C)C1C. The molecule has 172 valence electrons. The van der Waals surface area contributed by atoms with E-state index in [1.165, 1.54) is 25.8 Å². The van der Waals surface area contributed by atoms with Crippen molar-refractivity contribution in [2.45, 2.75) is 92.3 Å². The third kappa shape index (κ3) is 3.49. The first kappa shape index (κ1) is 22.3. The largest absolute Gasteiger partial charge is 0.435 e. The molecule has 7 nitrogen and oxygen atoms in total. The summed E-state index contributed by atoms with van der Waals surface area (Å²) in [6.45, 7) is 11.6. The molecular weight excluding hydrogens is 400 g/mol. The number of rotatable bonds is 3. The van der Waals surface area contributed by atoms with Gasteiger partial charge in [0.05, 0.1) is 12.3 Å². The summed E-state index contributed by atoms with van der Waals surface area (Å²) < 4.78 is 22.6. The van der Waals surface area contributed by atoms with Crippen molar-refractivity contribution in [3.05, 3.63) is 11.1 Å². The van der Waals surface area contributed by atoms with Crippen molar-refractivity contribution >= 4 is 17.9 Å². The summed E-state index contributed by atoms with van der Waals surface area (Å²) in [7, 11) is 0. The summed E-state index contributed by atoms with van der Waals surface area (Å²) in [6.07, 6.45) is 4.27. The van der Waals surface area contributed by atoms with Crippen molar-refractivity contribution in [1.82, 2.24) is 0 Å². The van der Waals surface area contributed by atoms with Crippen LogP contribution in [0.15, 0.2) is 11.1 Å². The van der Waals surface area contributed by atoms with Gasteiger partial charge < -0.3 is 14.2 Å². The summed E-state index contributed by atoms with van der Waals surface area (Å²) in [4.78, 5) is 36.2. The third-order valence-electron chi connectivity index (χ3n) is 8.25. The molecule has 2 bridgehead atoms. The second-order valence-electron chi connectivity index (χ2n) is 10.6. The summed E-state index contributed by atoms with van der Waals surface area (Å²) in [5.74, 6) is -4.17. The molecule has 0 N–H and O–H groups in total. The number of carbonyl (C=O) groups excluding carboxylic acids is 3. The Labute approximate surface area is 183 Å². The van der Waals surface area contributed by atoms with Crippen LogP contribution in [0, 0.1) is 28.6 Å². The van der Waals surface area contributed by atoms with Gasteiger partial charge in [-0.1, -0.05) is 38.8 Å². The molecule has 0 spiro atoms. The molecule has 2 aliphatic carbocycles. The van der Waals surface area contributed by atoms with Gasteiger partial charge in [0.25, 0.3) is 0 Å². The number of allylic oxidation sites excluding steroid dienone is 2. The zero-order valence-corrected chi connectivity index (χ0v) is 19.4. The Balaban J connectivity index is 1.79. The Morgan fingerprint density at radius 2 is 1.77 bits per heavy atom. The van der Waals surface area contributed by atoms with E-state index in [1.807, 2.05) is 0 Å². The van der Waals surface area contributed by atoms with E-state index in [2.05, 4.69) is 27.7 Å². The van der Waals surface area contributed by atoms with Crippen LogP contribution in [0.5, 0.6) is 0 Å². The molecule has 0 aromatic rings. The minimum atomic E-state index is -1.86. The predicted molar refractivity (Wildman–Crippen MR) is 110 cm³/mol. The molecule has 6 unspecified atom stereocenters. The maximum absolute atomic E-state index is 12.4. The Bertz CT molecular complexity index is 839. The lowest BCUT2D eigenvalue weighted by molar-refractivity contribution is -0.378. The molecule has 2 aliphatic heterocycles. The minimum absolute atomic E-state index is 0.0608. The van der Waals surface area contributed by atoms with E-state index >= 15 is 0 Å². The van der Waals surface area contributed by atoms with Gasteiger partial charge in [-0.05, 0) is 48.9 Å². The average molecular weight is 435 g/mol. The fourth-order valence-corrected chi connectivity index (χ4v) is 6.78. The van der Waals surface area contributed by atoms with E-state index < -0.39 is 42.0 Å². The molecule has 2 heterocycles. The van der Waals surface area contributed by atoms with Crippen LogP contribution in [0.3, 0.4) is 0 Å². The van der Waals surface area contributed by atoms with Gasteiger partial charge in [-0.15, -0.1) is 0 Å². The van der Waals surface area contributed by atoms with E-state index in [9.17, 15) is 14.4 Å². The van der Waals surface area contributed by atoms with Crippen molar-refractivity contribution in [2.75, 3.05) is 0 Å². The average Bonchev–Trinajstić information content (AvgIpc) is 2.81. The van der Waals surface area contributed by atoms with Crippen molar-refractivity contribution in [3.63, 3.8) is 0 Å². The molecule has 2 saturated heterocycles. The highest BCUT2D eigenvalue weighted by Crippen LogP contribution is 2.64. The number of ether oxygens (including phenoxy) is 4. The molecule has 4 rings (SSSR count). The molecule has 0 aromatic carbocycles. The maximum Gasteiger partial charge on any atom is 0.382 e. The summed E-state index contributed by atoms with van der Waals surface area (Å²) >= 11 is 0. The number of fused-ring (bicyclic) bond motifs is 2. The molecule has 2 fully saturated rings. The fourth-order valence-electron chi connectivity index (χ4n) is 6.78. The topological polar surface area (TPSA) is 88.1 Å². The number of hydrogen-bond acceptors (Lipinski definition) is 7. The minimum Gasteiger partial charge on any atom is -0.435 e. The van der Waals surface area contributed by atoms with Gasteiger partial charge in [0.15, 0.2) is 0 Å². The molecule has 0 amide bonds. The van der Waals surface area contributed by atoms with Gasteiger partial charge in [0.2, 0.25) is 6.29 Å². The Morgan fingerprint density at radius 3 is 2.42 bits per heavy atom. The van der Waals surface area contributed by atoms with Crippen LogP contribution in [0.1, 0.15) is 80.1 Å². The maximum atomic E-state index is 12.4. The highest BCUT2D eigenvalue weighted by molar-refractivity contribution is 5.73. The zero-order chi connectivity index (χ0) is 22.8. The molecule has 0 aromatic heterocycles. The molecule has 0 saturated carbocycles. The van der Waals surface area contributed by atoms with E-state index in [0.29, 0.717) is 0 Å². The smallest absolute Gasteiger partial charge is 0.382 e. The van der Waals surface area contributed by atoms with Crippen LogP contribution < -0.4 is 0 Å². The van der Waals surface area contributed by atoms with Gasteiger partial charge in [-0.3, -0.25) is 19.1 Å². The Morgan fingerprint density at radius 1 is 1.06 bits per heavy atom. The second-order valence-corrected chi connectivity index (χ2v) is 10.6. The van der Waals surface area contributed by atoms with Gasteiger partial charge in [-0.2, -0.15) is 0 Å². The Hall–Kier alpha value is -1.89. The van der Waals surface area contributed by atoms with Crippen LogP contribution >= 0.6 is 0 Å². The monoisotopic (exact) mass is 434 g/mol. The van der Waals surface area contributed by atoms with Crippen molar-refractivity contribution in [3.8, 4) is 0 Å². The normalized spacial score (nSPS) is 41.3. The molecule has 4 aliphatic rings. The number of carbonyl (C=O) groups is 3. The second kappa shape index (κ2) is 7.32. The first-order valence-electron chi connectivity index (χ1n) is 11.4. The van der Waals surface area contributed by atoms with E-state index in [-0.39, 0.29) is 23.2 Å². The van der Waals surface area contributed by atoms with E-state index in [1.54, 1.807) is 5.57 Å². The molecule has 0 radical (unpaired) electrons. The number of hydrogen-bond donors (Lipinski definition) is 0. The van der Waals surface area contributed by atoms with Crippen LogP contribution in [0.4, 0.5) is 0 Å². The first-order valence-corrected chi connectivity index (χ1v) is 11.4. The predicted octanol–water partition coefficient (Wildman–Crippen LogP) is 4.24. The molecule has 7 heteroatoms. The van der Waals surface area contributed by atoms with E-state index in [0.717, 1.165) is 25.7 Å². The van der Waals surface area contributed by atoms with Crippen LogP contribution in [0.25, 0.3) is 0 Å². The standard InChI is InChI=1S/C24H34O7/c1-13-16-8-7-10-22(4,5)18(16)9-11-23(13,6)20-17-12-19(27)30-24(20,29-15(3)26)31-21(17)28-14(2)25/h13,17,20-21H,7-12H2,1-6H3. The summed E-state index contributed by atoms with van der Waals surface area (Å²) in [5.41, 5.74) is 2.85. The zero-order valence-electron chi connectivity index (χ0n) is 19.4. The molecule has 6 atom stereocenters. The van der Waals surface area contributed by atoms with Crippen LogP contribution in [0.2, 0.25) is 0 Å². The lowest BCUT2D eigenvalue weighted by Crippen LogP contribution is -2.57. The highest BCUT2D eigenvalue weighted by Gasteiger charge is 2.71. The van der Waals surface area contributed by atoms with Crippen molar-refractivity contribution in [2.24, 2.45) is 28.6 Å². The van der Waals surface area contributed by atoms with Gasteiger partial charge in [0.1, 0.15) is 0 Å². The summed E-state index contributed by atoms with van der Waals surface area (Å²) in [5, 5.41) is 0. The van der Waals surface area contributed by atoms with E-state index in [4.69, 9.17) is 18.9 Å². The third-order valence-corrected chi connectivity index (χ3v) is 8.25.